The SMILES string of the molecule is Nc1cc(-c2cncn2-c2cc(Cl)c(F)c(Cl)c2)ccn1. The second-order valence-electron chi connectivity index (χ2n) is 4.34. The van der Waals surface area contributed by atoms with E-state index >= 15 is 0 Å². The van der Waals surface area contributed by atoms with E-state index in [1.807, 2.05) is 0 Å². The Hall–Kier alpha value is -2.11. The van der Waals surface area contributed by atoms with Crippen molar-refractivity contribution in [2.45, 2.75) is 0 Å². The summed E-state index contributed by atoms with van der Waals surface area (Å²) in [6, 6.07) is 6.49. The van der Waals surface area contributed by atoms with Crippen LogP contribution in [-0.4, -0.2) is 14.5 Å². The number of pyridine rings is 1. The van der Waals surface area contributed by atoms with Gasteiger partial charge in [0.05, 0.1) is 34.0 Å². The number of nitrogens with zero attached hydrogens (tertiary/aromatic N) is 3. The number of aromatic nitrogens is 3. The van der Waals surface area contributed by atoms with Crippen LogP contribution in [-0.2, 0) is 0 Å². The Labute approximate surface area is 130 Å². The van der Waals surface area contributed by atoms with Crippen molar-refractivity contribution in [2.24, 2.45) is 0 Å². The number of rotatable bonds is 2. The minimum atomic E-state index is -0.642. The maximum absolute atomic E-state index is 13.5. The van der Waals surface area contributed by atoms with Crippen molar-refractivity contribution in [1.82, 2.24) is 14.5 Å². The quantitative estimate of drug-likeness (QED) is 0.726. The van der Waals surface area contributed by atoms with Gasteiger partial charge >= 0.3 is 0 Å². The van der Waals surface area contributed by atoms with Crippen molar-refractivity contribution in [3.05, 3.63) is 58.8 Å². The molecule has 0 amide bonds. The molecule has 3 aromatic rings. The summed E-state index contributed by atoms with van der Waals surface area (Å²) in [5, 5.41) is -0.0993. The van der Waals surface area contributed by atoms with Crippen LogP contribution in [0.25, 0.3) is 16.9 Å². The summed E-state index contributed by atoms with van der Waals surface area (Å²) in [4.78, 5) is 8.06. The summed E-state index contributed by atoms with van der Waals surface area (Å²) < 4.78 is 15.3. The molecular weight excluding hydrogens is 314 g/mol. The molecule has 21 heavy (non-hydrogen) atoms. The second kappa shape index (κ2) is 5.35. The fourth-order valence-corrected chi connectivity index (χ4v) is 2.48. The summed E-state index contributed by atoms with van der Waals surface area (Å²) in [7, 11) is 0. The Morgan fingerprint density at radius 2 is 1.86 bits per heavy atom. The Morgan fingerprint density at radius 1 is 1.14 bits per heavy atom. The molecule has 0 radical (unpaired) electrons. The molecule has 0 unspecified atom stereocenters. The first-order valence-electron chi connectivity index (χ1n) is 5.95. The van der Waals surface area contributed by atoms with Crippen molar-refractivity contribution < 1.29 is 4.39 Å². The van der Waals surface area contributed by atoms with Crippen molar-refractivity contribution >= 4 is 29.0 Å². The predicted octanol–water partition coefficient (Wildman–Crippen LogP) is 3.96. The van der Waals surface area contributed by atoms with Gasteiger partial charge in [0.1, 0.15) is 5.82 Å². The van der Waals surface area contributed by atoms with Gasteiger partial charge in [-0.05, 0) is 24.3 Å². The van der Waals surface area contributed by atoms with Crippen LogP contribution in [0.3, 0.4) is 0 Å². The number of hydrogen-bond donors (Lipinski definition) is 1. The number of imidazole rings is 1. The summed E-state index contributed by atoms with van der Waals surface area (Å²) in [5.74, 6) is -0.243. The summed E-state index contributed by atoms with van der Waals surface area (Å²) in [6.07, 6.45) is 4.86. The van der Waals surface area contributed by atoms with Gasteiger partial charge in [-0.25, -0.2) is 14.4 Å². The molecular formula is C14H9Cl2FN4. The monoisotopic (exact) mass is 322 g/mol. The lowest BCUT2D eigenvalue weighted by atomic mass is 10.2. The number of nitrogen functional groups attached to an aromatic ring is 1. The van der Waals surface area contributed by atoms with Crippen molar-refractivity contribution in [3.63, 3.8) is 0 Å². The highest BCUT2D eigenvalue weighted by molar-refractivity contribution is 6.35. The topological polar surface area (TPSA) is 56.7 Å². The van der Waals surface area contributed by atoms with Gasteiger partial charge in [-0.2, -0.15) is 0 Å². The molecule has 2 heterocycles. The molecule has 4 nitrogen and oxygen atoms in total. The second-order valence-corrected chi connectivity index (χ2v) is 5.16. The molecule has 7 heteroatoms. The zero-order chi connectivity index (χ0) is 15.0. The Balaban J connectivity index is 2.16. The number of hydrogen-bond acceptors (Lipinski definition) is 3. The van der Waals surface area contributed by atoms with Gasteiger partial charge in [0, 0.05) is 11.8 Å². The van der Waals surface area contributed by atoms with Crippen molar-refractivity contribution in [1.29, 1.82) is 0 Å². The Kier molecular flexibility index (Phi) is 3.53. The lowest BCUT2D eigenvalue weighted by Crippen LogP contribution is -1.98. The Morgan fingerprint density at radius 3 is 2.52 bits per heavy atom. The molecule has 1 aromatic carbocycles. The van der Waals surface area contributed by atoms with Gasteiger partial charge in [0.15, 0.2) is 5.82 Å². The smallest absolute Gasteiger partial charge is 0.160 e. The molecule has 0 atom stereocenters. The van der Waals surface area contributed by atoms with Crippen LogP contribution in [0.5, 0.6) is 0 Å². The molecule has 0 saturated heterocycles. The molecule has 0 fully saturated rings. The molecule has 0 aliphatic rings. The molecule has 2 aromatic heterocycles. The van der Waals surface area contributed by atoms with Crippen molar-refractivity contribution in [2.75, 3.05) is 5.73 Å². The standard InChI is InChI=1S/C14H9Cl2FN4/c15-10-4-9(5-11(16)14(10)17)21-7-19-6-12(21)8-1-2-20-13(18)3-8/h1-7H,(H2,18,20). The van der Waals surface area contributed by atoms with Crippen LogP contribution in [0.2, 0.25) is 10.0 Å². The average molecular weight is 323 g/mol. The van der Waals surface area contributed by atoms with E-state index < -0.39 is 5.82 Å². The molecule has 0 saturated carbocycles. The average Bonchev–Trinajstić information content (AvgIpc) is 2.93. The van der Waals surface area contributed by atoms with E-state index in [0.29, 0.717) is 11.5 Å². The lowest BCUT2D eigenvalue weighted by Gasteiger charge is -2.10. The highest BCUT2D eigenvalue weighted by Gasteiger charge is 2.12. The number of nitrogens with two attached hydrogens (primary N) is 1. The third-order valence-corrected chi connectivity index (χ3v) is 3.51. The minimum absolute atomic E-state index is 0.0496. The normalized spacial score (nSPS) is 10.8. The van der Waals surface area contributed by atoms with E-state index in [9.17, 15) is 4.39 Å². The third-order valence-electron chi connectivity index (χ3n) is 2.96. The van der Waals surface area contributed by atoms with E-state index in [1.165, 1.54) is 12.1 Å². The van der Waals surface area contributed by atoms with Gasteiger partial charge < -0.3 is 5.73 Å². The number of anilines is 1. The van der Waals surface area contributed by atoms with Crippen LogP contribution < -0.4 is 5.73 Å². The van der Waals surface area contributed by atoms with Gasteiger partial charge in [0.2, 0.25) is 0 Å². The van der Waals surface area contributed by atoms with Gasteiger partial charge in [0.25, 0.3) is 0 Å². The first-order valence-corrected chi connectivity index (χ1v) is 6.71. The van der Waals surface area contributed by atoms with E-state index in [2.05, 4.69) is 9.97 Å². The molecule has 0 aliphatic carbocycles. The number of benzene rings is 1. The van der Waals surface area contributed by atoms with Crippen molar-refractivity contribution in [3.8, 4) is 16.9 Å². The first-order chi connectivity index (χ1) is 10.1. The van der Waals surface area contributed by atoms with Crippen LogP contribution in [0.1, 0.15) is 0 Å². The highest BCUT2D eigenvalue weighted by atomic mass is 35.5. The van der Waals surface area contributed by atoms with Gasteiger partial charge in [-0.15, -0.1) is 0 Å². The fourth-order valence-electron chi connectivity index (χ4n) is 2.00. The first kappa shape index (κ1) is 13.9. The van der Waals surface area contributed by atoms with Crippen LogP contribution in [0.15, 0.2) is 43.0 Å². The summed E-state index contributed by atoms with van der Waals surface area (Å²) >= 11 is 11.7. The number of halogens is 3. The molecule has 0 aliphatic heterocycles. The molecule has 2 N–H and O–H groups in total. The Bertz CT molecular complexity index is 793. The summed E-state index contributed by atoms with van der Waals surface area (Å²) in [5.41, 5.74) is 7.89. The molecule has 3 rings (SSSR count). The largest absolute Gasteiger partial charge is 0.384 e. The third kappa shape index (κ3) is 2.57. The zero-order valence-corrected chi connectivity index (χ0v) is 12.1. The molecule has 0 bridgehead atoms. The van der Waals surface area contributed by atoms with Crippen LogP contribution in [0.4, 0.5) is 10.2 Å². The van der Waals surface area contributed by atoms with E-state index in [1.54, 1.807) is 35.4 Å². The fraction of sp³-hybridized carbons (Fsp3) is 0. The van der Waals surface area contributed by atoms with E-state index in [4.69, 9.17) is 28.9 Å². The highest BCUT2D eigenvalue weighted by Crippen LogP contribution is 2.29. The molecule has 106 valence electrons. The predicted molar refractivity (Wildman–Crippen MR) is 81.2 cm³/mol. The zero-order valence-electron chi connectivity index (χ0n) is 10.6. The van der Waals surface area contributed by atoms with Crippen LogP contribution in [0, 0.1) is 5.82 Å². The minimum Gasteiger partial charge on any atom is -0.384 e. The van der Waals surface area contributed by atoms with Gasteiger partial charge in [-0.1, -0.05) is 23.2 Å². The van der Waals surface area contributed by atoms with Gasteiger partial charge in [-0.3, -0.25) is 4.57 Å². The van der Waals surface area contributed by atoms with E-state index in [0.717, 1.165) is 11.3 Å². The maximum Gasteiger partial charge on any atom is 0.160 e. The summed E-state index contributed by atoms with van der Waals surface area (Å²) in [6.45, 7) is 0. The molecule has 0 spiro atoms. The maximum atomic E-state index is 13.5. The van der Waals surface area contributed by atoms with Crippen LogP contribution >= 0.6 is 23.2 Å². The lowest BCUT2D eigenvalue weighted by molar-refractivity contribution is 0.628. The van der Waals surface area contributed by atoms with E-state index in [-0.39, 0.29) is 10.0 Å².